The van der Waals surface area contributed by atoms with Gasteiger partial charge in [-0.05, 0) is 47.0 Å². The van der Waals surface area contributed by atoms with Crippen molar-refractivity contribution < 1.29 is 0 Å². The van der Waals surface area contributed by atoms with Crippen LogP contribution in [0.4, 0.5) is 0 Å². The van der Waals surface area contributed by atoms with E-state index < -0.39 is 0 Å². The summed E-state index contributed by atoms with van der Waals surface area (Å²) < 4.78 is 0. The number of hydrogen-bond donors (Lipinski definition) is 2. The normalized spacial score (nSPS) is 13.4. The van der Waals surface area contributed by atoms with E-state index in [0.29, 0.717) is 23.7 Å². The molecule has 2 aromatic carbocycles. The molecule has 2 heterocycles. The van der Waals surface area contributed by atoms with E-state index in [0.717, 1.165) is 11.9 Å². The second-order valence-corrected chi connectivity index (χ2v) is 8.31. The Morgan fingerprint density at radius 3 is 2.52 bits per heavy atom. The maximum Gasteiger partial charge on any atom is 0.258 e. The van der Waals surface area contributed by atoms with Crippen LogP contribution in [0, 0.1) is 0 Å². The number of benzene rings is 2. The van der Waals surface area contributed by atoms with Crippen molar-refractivity contribution in [1.29, 1.82) is 0 Å². The SMILES string of the molecule is CC[C@H](C)c1ccc([C@H](NCc2nc3ccccc3c(=O)[nH]2)c2cccs2)cc1. The average Bonchev–Trinajstić information content (AvgIpc) is 3.28. The molecule has 2 N–H and O–H groups in total. The fourth-order valence-corrected chi connectivity index (χ4v) is 4.34. The molecule has 29 heavy (non-hydrogen) atoms. The minimum atomic E-state index is -0.0991. The van der Waals surface area contributed by atoms with Gasteiger partial charge in [0.25, 0.3) is 5.56 Å². The summed E-state index contributed by atoms with van der Waals surface area (Å²) >= 11 is 1.73. The van der Waals surface area contributed by atoms with E-state index in [1.54, 1.807) is 17.4 Å². The van der Waals surface area contributed by atoms with Crippen molar-refractivity contribution in [1.82, 2.24) is 15.3 Å². The number of thiophene rings is 1. The number of hydrogen-bond acceptors (Lipinski definition) is 4. The number of nitrogens with one attached hydrogen (secondary N) is 2. The van der Waals surface area contributed by atoms with Gasteiger partial charge in [0.1, 0.15) is 5.82 Å². The van der Waals surface area contributed by atoms with E-state index in [2.05, 4.69) is 70.9 Å². The zero-order chi connectivity index (χ0) is 20.2. The molecule has 0 bridgehead atoms. The largest absolute Gasteiger partial charge is 0.309 e. The van der Waals surface area contributed by atoms with Crippen LogP contribution in [0.15, 0.2) is 70.8 Å². The van der Waals surface area contributed by atoms with Crippen LogP contribution in [0.5, 0.6) is 0 Å². The third-order valence-corrected chi connectivity index (χ3v) is 6.35. The van der Waals surface area contributed by atoms with Gasteiger partial charge in [0.15, 0.2) is 0 Å². The smallest absolute Gasteiger partial charge is 0.258 e. The fourth-order valence-electron chi connectivity index (χ4n) is 3.51. The molecule has 2 aromatic heterocycles. The molecule has 0 saturated heterocycles. The highest BCUT2D eigenvalue weighted by molar-refractivity contribution is 7.10. The monoisotopic (exact) mass is 403 g/mol. The standard InChI is InChI=1S/C24H25N3OS/c1-3-16(2)17-10-12-18(13-11-17)23(21-9-6-14-29-21)25-15-22-26-20-8-5-4-7-19(20)24(28)27-22/h4-14,16,23,25H,3,15H2,1-2H3,(H,26,27,28)/t16-,23-/m0/s1. The quantitative estimate of drug-likeness (QED) is 0.436. The molecule has 0 aliphatic rings. The third kappa shape index (κ3) is 4.31. The Bertz CT molecular complexity index is 1130. The highest BCUT2D eigenvalue weighted by Gasteiger charge is 2.16. The molecule has 4 nitrogen and oxygen atoms in total. The molecular formula is C24H25N3OS. The van der Waals surface area contributed by atoms with Crippen molar-refractivity contribution in [3.05, 3.63) is 98.2 Å². The number of nitrogens with zero attached hydrogens (tertiary/aromatic N) is 1. The average molecular weight is 404 g/mol. The first-order chi connectivity index (χ1) is 14.2. The molecule has 4 rings (SSSR count). The van der Waals surface area contributed by atoms with Gasteiger partial charge in [0.05, 0.1) is 23.5 Å². The highest BCUT2D eigenvalue weighted by atomic mass is 32.1. The van der Waals surface area contributed by atoms with Gasteiger partial charge in [0.2, 0.25) is 0 Å². The van der Waals surface area contributed by atoms with Gasteiger partial charge in [-0.25, -0.2) is 4.98 Å². The number of fused-ring (bicyclic) bond motifs is 1. The molecule has 0 aliphatic heterocycles. The predicted octanol–water partition coefficient (Wildman–Crippen LogP) is 5.38. The molecule has 0 saturated carbocycles. The number of rotatable bonds is 7. The van der Waals surface area contributed by atoms with Gasteiger partial charge in [0, 0.05) is 4.88 Å². The zero-order valence-corrected chi connectivity index (χ0v) is 17.5. The minimum Gasteiger partial charge on any atom is -0.309 e. The third-order valence-electron chi connectivity index (χ3n) is 5.41. The highest BCUT2D eigenvalue weighted by Crippen LogP contribution is 2.28. The van der Waals surface area contributed by atoms with Gasteiger partial charge in [-0.2, -0.15) is 0 Å². The molecule has 4 aromatic rings. The van der Waals surface area contributed by atoms with Crippen LogP contribution in [-0.4, -0.2) is 9.97 Å². The summed E-state index contributed by atoms with van der Waals surface area (Å²) in [7, 11) is 0. The molecule has 2 atom stereocenters. The summed E-state index contributed by atoms with van der Waals surface area (Å²) in [5.74, 6) is 1.20. The van der Waals surface area contributed by atoms with Crippen molar-refractivity contribution in [3.63, 3.8) is 0 Å². The number of aromatic nitrogens is 2. The molecule has 0 aliphatic carbocycles. The molecule has 0 radical (unpaired) electrons. The van der Waals surface area contributed by atoms with Crippen LogP contribution >= 0.6 is 11.3 Å². The topological polar surface area (TPSA) is 57.8 Å². The van der Waals surface area contributed by atoms with E-state index in [1.807, 2.05) is 18.2 Å². The Morgan fingerprint density at radius 1 is 1.03 bits per heavy atom. The first-order valence-electron chi connectivity index (χ1n) is 10.00. The predicted molar refractivity (Wildman–Crippen MR) is 121 cm³/mol. The lowest BCUT2D eigenvalue weighted by Crippen LogP contribution is -2.24. The summed E-state index contributed by atoms with van der Waals surface area (Å²) in [4.78, 5) is 21.1. The molecule has 0 amide bonds. The lowest BCUT2D eigenvalue weighted by Gasteiger charge is -2.19. The molecule has 0 fully saturated rings. The van der Waals surface area contributed by atoms with E-state index >= 15 is 0 Å². The van der Waals surface area contributed by atoms with Crippen LogP contribution in [0.25, 0.3) is 10.9 Å². The summed E-state index contributed by atoms with van der Waals surface area (Å²) in [5, 5.41) is 6.30. The van der Waals surface area contributed by atoms with E-state index in [-0.39, 0.29) is 11.6 Å². The summed E-state index contributed by atoms with van der Waals surface area (Å²) in [5.41, 5.74) is 3.20. The van der Waals surface area contributed by atoms with Crippen molar-refractivity contribution >= 4 is 22.2 Å². The van der Waals surface area contributed by atoms with E-state index in [9.17, 15) is 4.79 Å². The molecule has 148 valence electrons. The van der Waals surface area contributed by atoms with Crippen molar-refractivity contribution in [2.24, 2.45) is 0 Å². The van der Waals surface area contributed by atoms with Crippen LogP contribution < -0.4 is 10.9 Å². The van der Waals surface area contributed by atoms with Crippen molar-refractivity contribution in [3.8, 4) is 0 Å². The number of aromatic amines is 1. The van der Waals surface area contributed by atoms with Gasteiger partial charge >= 0.3 is 0 Å². The van der Waals surface area contributed by atoms with E-state index in [1.165, 1.54) is 16.0 Å². The second-order valence-electron chi connectivity index (χ2n) is 7.34. The molecule has 0 spiro atoms. The van der Waals surface area contributed by atoms with Gasteiger partial charge in [-0.15, -0.1) is 11.3 Å². The number of para-hydroxylation sites is 1. The van der Waals surface area contributed by atoms with Crippen LogP contribution in [-0.2, 0) is 6.54 Å². The lowest BCUT2D eigenvalue weighted by atomic mass is 9.95. The maximum absolute atomic E-state index is 12.4. The van der Waals surface area contributed by atoms with Gasteiger partial charge in [-0.1, -0.05) is 56.3 Å². The van der Waals surface area contributed by atoms with Gasteiger partial charge < -0.3 is 4.98 Å². The summed E-state index contributed by atoms with van der Waals surface area (Å²) in [6.45, 7) is 4.95. The Kier molecular flexibility index (Phi) is 5.88. The summed E-state index contributed by atoms with van der Waals surface area (Å²) in [6.07, 6.45) is 1.13. The Balaban J connectivity index is 1.60. The first kappa shape index (κ1) is 19.6. The minimum absolute atomic E-state index is 0.0535. The van der Waals surface area contributed by atoms with Crippen LogP contribution in [0.2, 0.25) is 0 Å². The van der Waals surface area contributed by atoms with Crippen molar-refractivity contribution in [2.75, 3.05) is 0 Å². The number of H-pyrrole nitrogens is 1. The van der Waals surface area contributed by atoms with Crippen LogP contribution in [0.3, 0.4) is 0 Å². The van der Waals surface area contributed by atoms with Crippen LogP contribution in [0.1, 0.15) is 54.1 Å². The second kappa shape index (κ2) is 8.72. The first-order valence-corrected chi connectivity index (χ1v) is 10.9. The lowest BCUT2D eigenvalue weighted by molar-refractivity contribution is 0.593. The summed E-state index contributed by atoms with van der Waals surface area (Å²) in [6, 6.07) is 20.5. The molecule has 5 heteroatoms. The van der Waals surface area contributed by atoms with Gasteiger partial charge in [-0.3, -0.25) is 10.1 Å². The Hall–Kier alpha value is -2.76. The molecular weight excluding hydrogens is 378 g/mol. The Morgan fingerprint density at radius 2 is 1.79 bits per heavy atom. The molecule has 0 unspecified atom stereocenters. The zero-order valence-electron chi connectivity index (χ0n) is 16.7. The fraction of sp³-hybridized carbons (Fsp3) is 0.250. The maximum atomic E-state index is 12.4. The van der Waals surface area contributed by atoms with E-state index in [4.69, 9.17) is 0 Å². The Labute approximate surface area is 174 Å². The van der Waals surface area contributed by atoms with Crippen molar-refractivity contribution in [2.45, 2.75) is 38.8 Å².